The molecule has 7 heteroatoms. The van der Waals surface area contributed by atoms with Gasteiger partial charge in [-0.2, -0.15) is 4.31 Å². The lowest BCUT2D eigenvalue weighted by Gasteiger charge is -2.38. The van der Waals surface area contributed by atoms with Gasteiger partial charge in [0, 0.05) is 18.5 Å². The number of carbonyl (C=O) groups is 1. The molecule has 2 fully saturated rings. The molecule has 1 atom stereocenters. The summed E-state index contributed by atoms with van der Waals surface area (Å²) in [6.45, 7) is 0.259. The van der Waals surface area contributed by atoms with Gasteiger partial charge < -0.3 is 5.11 Å². The van der Waals surface area contributed by atoms with Gasteiger partial charge in [-0.05, 0) is 43.7 Å². The molecule has 1 unspecified atom stereocenters. The number of benzene rings is 1. The highest BCUT2D eigenvalue weighted by atomic mass is 32.2. The Balaban J connectivity index is 1.87. The fourth-order valence-electron chi connectivity index (χ4n) is 3.44. The minimum Gasteiger partial charge on any atom is -0.481 e. The number of aliphatic carboxylic acids is 1. The van der Waals surface area contributed by atoms with E-state index >= 15 is 0 Å². The third-order valence-corrected chi connectivity index (χ3v) is 6.67. The molecular weight excluding hydrogens is 309 g/mol. The van der Waals surface area contributed by atoms with Crippen LogP contribution in [0, 0.1) is 11.7 Å². The molecule has 3 rings (SSSR count). The van der Waals surface area contributed by atoms with Crippen molar-refractivity contribution >= 4 is 16.0 Å². The molecule has 22 heavy (non-hydrogen) atoms. The molecule has 120 valence electrons. The maximum atomic E-state index is 13.9. The first-order valence-corrected chi connectivity index (χ1v) is 8.78. The third-order valence-electron chi connectivity index (χ3n) is 4.63. The first-order valence-electron chi connectivity index (χ1n) is 7.34. The molecule has 1 aliphatic carbocycles. The van der Waals surface area contributed by atoms with E-state index < -0.39 is 27.3 Å². The van der Waals surface area contributed by atoms with Crippen molar-refractivity contribution in [1.82, 2.24) is 4.31 Å². The summed E-state index contributed by atoms with van der Waals surface area (Å²) in [5.41, 5.74) is -0.501. The first kappa shape index (κ1) is 15.4. The molecule has 1 heterocycles. The Kier molecular flexibility index (Phi) is 3.72. The second-order valence-electron chi connectivity index (χ2n) is 6.19. The molecule has 1 saturated carbocycles. The zero-order chi connectivity index (χ0) is 16.0. The van der Waals surface area contributed by atoms with E-state index in [4.69, 9.17) is 5.11 Å². The van der Waals surface area contributed by atoms with Crippen molar-refractivity contribution in [2.75, 3.05) is 6.54 Å². The van der Waals surface area contributed by atoms with Crippen LogP contribution in [0.15, 0.2) is 29.2 Å². The van der Waals surface area contributed by atoms with E-state index in [1.54, 1.807) is 0 Å². The van der Waals surface area contributed by atoms with Crippen LogP contribution < -0.4 is 0 Å². The molecule has 0 bridgehead atoms. The summed E-state index contributed by atoms with van der Waals surface area (Å²) in [7, 11) is -3.88. The number of sulfonamides is 1. The average Bonchev–Trinajstić information content (AvgIpc) is 3.17. The van der Waals surface area contributed by atoms with Crippen LogP contribution in [0.2, 0.25) is 0 Å². The number of carboxylic acids is 1. The predicted molar refractivity (Wildman–Crippen MR) is 77.2 cm³/mol. The van der Waals surface area contributed by atoms with E-state index in [9.17, 15) is 17.6 Å². The number of nitrogens with zero attached hydrogens (tertiary/aromatic N) is 1. The van der Waals surface area contributed by atoms with Crippen LogP contribution in [0.4, 0.5) is 4.39 Å². The largest absolute Gasteiger partial charge is 0.481 e. The maximum Gasteiger partial charge on any atom is 0.303 e. The van der Waals surface area contributed by atoms with Gasteiger partial charge in [0.25, 0.3) is 0 Å². The number of hydrogen-bond acceptors (Lipinski definition) is 3. The van der Waals surface area contributed by atoms with Crippen LogP contribution in [0.3, 0.4) is 0 Å². The molecule has 1 aromatic rings. The van der Waals surface area contributed by atoms with E-state index in [0.717, 1.165) is 18.9 Å². The van der Waals surface area contributed by atoms with Crippen LogP contribution in [0.25, 0.3) is 0 Å². The van der Waals surface area contributed by atoms with E-state index in [-0.39, 0.29) is 23.8 Å². The van der Waals surface area contributed by atoms with Gasteiger partial charge >= 0.3 is 5.97 Å². The summed E-state index contributed by atoms with van der Waals surface area (Å²) in [6, 6.07) is 5.39. The second kappa shape index (κ2) is 5.31. The Hall–Kier alpha value is -1.47. The van der Waals surface area contributed by atoms with Gasteiger partial charge in [-0.15, -0.1) is 0 Å². The molecule has 1 saturated heterocycles. The highest BCUT2D eigenvalue weighted by Gasteiger charge is 2.56. The van der Waals surface area contributed by atoms with Gasteiger partial charge in [0.15, 0.2) is 0 Å². The standard InChI is InChI=1S/C15H18FNO4S/c16-12-3-1-2-4-13(12)22(20,21)17-8-5-11(9-14(18)19)10-15(17)6-7-15/h1-4,11H,5-10H2,(H,18,19). The summed E-state index contributed by atoms with van der Waals surface area (Å²) in [4.78, 5) is 10.6. The van der Waals surface area contributed by atoms with Crippen molar-refractivity contribution in [1.29, 1.82) is 0 Å². The molecule has 1 spiro atoms. The van der Waals surface area contributed by atoms with Crippen molar-refractivity contribution in [3.63, 3.8) is 0 Å². The van der Waals surface area contributed by atoms with Crippen molar-refractivity contribution in [2.24, 2.45) is 5.92 Å². The molecule has 1 N–H and O–H groups in total. The number of hydrogen-bond donors (Lipinski definition) is 1. The van der Waals surface area contributed by atoms with Crippen molar-refractivity contribution in [3.8, 4) is 0 Å². The number of piperidine rings is 1. The molecule has 2 aliphatic rings. The van der Waals surface area contributed by atoms with Gasteiger partial charge in [-0.1, -0.05) is 12.1 Å². The Morgan fingerprint density at radius 2 is 2.05 bits per heavy atom. The molecular formula is C15H18FNO4S. The zero-order valence-corrected chi connectivity index (χ0v) is 12.9. The van der Waals surface area contributed by atoms with Crippen LogP contribution in [-0.4, -0.2) is 35.9 Å². The summed E-state index contributed by atoms with van der Waals surface area (Å²) in [5, 5.41) is 8.92. The SMILES string of the molecule is O=C(O)CC1CCN(S(=O)(=O)c2ccccc2F)C2(CC2)C1. The molecule has 0 radical (unpaired) electrons. The van der Waals surface area contributed by atoms with Gasteiger partial charge in [0.2, 0.25) is 10.0 Å². The van der Waals surface area contributed by atoms with Gasteiger partial charge in [0.05, 0.1) is 0 Å². The highest BCUT2D eigenvalue weighted by Crippen LogP contribution is 2.52. The predicted octanol–water partition coefficient (Wildman–Crippen LogP) is 2.23. The number of rotatable bonds is 4. The van der Waals surface area contributed by atoms with E-state index in [1.165, 1.54) is 22.5 Å². The summed E-state index contributed by atoms with van der Waals surface area (Å²) in [6.07, 6.45) is 2.55. The Morgan fingerprint density at radius 1 is 1.36 bits per heavy atom. The van der Waals surface area contributed by atoms with Gasteiger partial charge in [-0.25, -0.2) is 12.8 Å². The molecule has 0 amide bonds. The first-order chi connectivity index (χ1) is 10.3. The fourth-order valence-corrected chi connectivity index (χ4v) is 5.36. The summed E-state index contributed by atoms with van der Waals surface area (Å²) >= 11 is 0. The lowest BCUT2D eigenvalue weighted by atomic mass is 9.88. The zero-order valence-electron chi connectivity index (χ0n) is 12.0. The topological polar surface area (TPSA) is 74.7 Å². The Morgan fingerprint density at radius 3 is 2.64 bits per heavy atom. The summed E-state index contributed by atoms with van der Waals surface area (Å²) < 4.78 is 40.8. The molecule has 5 nitrogen and oxygen atoms in total. The Bertz CT molecular complexity index is 699. The monoisotopic (exact) mass is 327 g/mol. The minimum absolute atomic E-state index is 0.00734. The third kappa shape index (κ3) is 2.63. The van der Waals surface area contributed by atoms with E-state index in [0.29, 0.717) is 12.8 Å². The van der Waals surface area contributed by atoms with Crippen molar-refractivity contribution in [3.05, 3.63) is 30.1 Å². The molecule has 1 aromatic carbocycles. The van der Waals surface area contributed by atoms with Crippen LogP contribution in [0.5, 0.6) is 0 Å². The second-order valence-corrected chi connectivity index (χ2v) is 8.02. The van der Waals surface area contributed by atoms with Crippen molar-refractivity contribution in [2.45, 2.75) is 42.5 Å². The normalized spacial score (nSPS) is 24.3. The summed E-state index contributed by atoms with van der Waals surface area (Å²) in [5.74, 6) is -1.61. The quantitative estimate of drug-likeness (QED) is 0.920. The van der Waals surface area contributed by atoms with Crippen LogP contribution >= 0.6 is 0 Å². The van der Waals surface area contributed by atoms with E-state index in [1.807, 2.05) is 0 Å². The van der Waals surface area contributed by atoms with Crippen LogP contribution in [-0.2, 0) is 14.8 Å². The Labute approximate surface area is 128 Å². The maximum absolute atomic E-state index is 13.9. The lowest BCUT2D eigenvalue weighted by Crippen LogP contribution is -2.48. The van der Waals surface area contributed by atoms with E-state index in [2.05, 4.69) is 0 Å². The van der Waals surface area contributed by atoms with Crippen LogP contribution in [0.1, 0.15) is 32.1 Å². The minimum atomic E-state index is -3.88. The molecule has 0 aromatic heterocycles. The fraction of sp³-hybridized carbons (Fsp3) is 0.533. The average molecular weight is 327 g/mol. The number of carboxylic acid groups (broad SMARTS) is 1. The van der Waals surface area contributed by atoms with Gasteiger partial charge in [0.1, 0.15) is 10.7 Å². The van der Waals surface area contributed by atoms with Crippen molar-refractivity contribution < 1.29 is 22.7 Å². The number of halogens is 1. The highest BCUT2D eigenvalue weighted by molar-refractivity contribution is 7.89. The smallest absolute Gasteiger partial charge is 0.303 e. The van der Waals surface area contributed by atoms with Gasteiger partial charge in [-0.3, -0.25) is 4.79 Å². The lowest BCUT2D eigenvalue weighted by molar-refractivity contribution is -0.138. The molecule has 1 aliphatic heterocycles.